The van der Waals surface area contributed by atoms with Gasteiger partial charge in [0.1, 0.15) is 22.2 Å². The van der Waals surface area contributed by atoms with Crippen LogP contribution in [-0.2, 0) is 6.18 Å². The molecule has 34 heavy (non-hydrogen) atoms. The smallest absolute Gasteiger partial charge is 0.417 e. The van der Waals surface area contributed by atoms with Crippen LogP contribution < -0.4 is 20.1 Å². The van der Waals surface area contributed by atoms with Gasteiger partial charge in [-0.15, -0.1) is 0 Å². The van der Waals surface area contributed by atoms with Crippen molar-refractivity contribution in [3.63, 3.8) is 0 Å². The second-order valence-electron chi connectivity index (χ2n) is 6.48. The molecule has 0 saturated carbocycles. The summed E-state index contributed by atoms with van der Waals surface area (Å²) in [6.45, 7) is 0. The molecule has 0 aliphatic rings. The Kier molecular flexibility index (Phi) is 7.20. The van der Waals surface area contributed by atoms with Crippen LogP contribution in [0.25, 0.3) is 0 Å². The highest BCUT2D eigenvalue weighted by atomic mass is 35.5. The van der Waals surface area contributed by atoms with E-state index < -0.39 is 45.9 Å². The number of hydrogen-bond acceptors (Lipinski definition) is 5. The van der Waals surface area contributed by atoms with Gasteiger partial charge in [0, 0.05) is 18.0 Å². The number of rotatable bonds is 5. The topological polar surface area (TPSA) is 89.6 Å². The highest BCUT2D eigenvalue weighted by molar-refractivity contribution is 6.31. The molecule has 0 spiro atoms. The van der Waals surface area contributed by atoms with Crippen molar-refractivity contribution < 1.29 is 41.0 Å². The van der Waals surface area contributed by atoms with Crippen molar-refractivity contribution in [1.82, 2.24) is 10.3 Å². The number of hydrogen-bond donors (Lipinski definition) is 2. The van der Waals surface area contributed by atoms with Crippen LogP contribution in [0.4, 0.5) is 32.4 Å². The molecule has 7 nitrogen and oxygen atoms in total. The summed E-state index contributed by atoms with van der Waals surface area (Å²) in [5.74, 6) is -3.92. The lowest BCUT2D eigenvalue weighted by atomic mass is 10.2. The minimum atomic E-state index is -4.64. The summed E-state index contributed by atoms with van der Waals surface area (Å²) in [6.07, 6.45) is -4.09. The number of halogens is 6. The summed E-state index contributed by atoms with van der Waals surface area (Å²) in [7, 11) is 1.25. The van der Waals surface area contributed by atoms with Crippen LogP contribution >= 0.6 is 11.6 Å². The molecule has 1 aromatic heterocycles. The predicted octanol–water partition coefficient (Wildman–Crippen LogP) is 5.79. The first-order chi connectivity index (χ1) is 16.0. The number of methoxy groups -OCH3 is 1. The first-order valence-corrected chi connectivity index (χ1v) is 9.52. The number of imide groups is 1. The minimum absolute atomic E-state index is 0.00730. The van der Waals surface area contributed by atoms with Crippen molar-refractivity contribution >= 4 is 29.2 Å². The van der Waals surface area contributed by atoms with Crippen LogP contribution in [0, 0.1) is 11.6 Å². The van der Waals surface area contributed by atoms with Gasteiger partial charge in [0.15, 0.2) is 11.5 Å². The van der Waals surface area contributed by atoms with Gasteiger partial charge < -0.3 is 14.8 Å². The fourth-order valence-electron chi connectivity index (χ4n) is 2.63. The molecule has 0 saturated heterocycles. The van der Waals surface area contributed by atoms with Crippen molar-refractivity contribution in [2.24, 2.45) is 0 Å². The molecule has 178 valence electrons. The van der Waals surface area contributed by atoms with Crippen LogP contribution in [0.1, 0.15) is 15.9 Å². The van der Waals surface area contributed by atoms with Gasteiger partial charge in [-0.2, -0.15) is 13.2 Å². The van der Waals surface area contributed by atoms with Gasteiger partial charge in [-0.25, -0.2) is 18.6 Å². The standard InChI is InChI=1S/C21H13ClF5N3O4/c1-33-16-8-11(29-20(32)30-18(31)17-13(23)3-2-4-14(17)24)5-6-15(16)34-19-12(22)7-10(9-28-19)21(25,26)27/h2-9H,1H3,(H2,29,30,31,32). The van der Waals surface area contributed by atoms with Crippen LogP contribution in [-0.4, -0.2) is 24.0 Å². The normalized spacial score (nSPS) is 11.0. The van der Waals surface area contributed by atoms with Crippen molar-refractivity contribution in [2.75, 3.05) is 12.4 Å². The molecule has 3 amide bonds. The monoisotopic (exact) mass is 501 g/mol. The van der Waals surface area contributed by atoms with E-state index in [0.717, 1.165) is 18.2 Å². The second-order valence-corrected chi connectivity index (χ2v) is 6.89. The Morgan fingerprint density at radius 1 is 1.03 bits per heavy atom. The molecule has 0 aliphatic carbocycles. The van der Waals surface area contributed by atoms with Gasteiger partial charge >= 0.3 is 12.2 Å². The summed E-state index contributed by atoms with van der Waals surface area (Å²) in [5.41, 5.74) is -1.91. The molecule has 2 aromatic carbocycles. The largest absolute Gasteiger partial charge is 0.493 e. The summed E-state index contributed by atoms with van der Waals surface area (Å²) < 4.78 is 76.1. The van der Waals surface area contributed by atoms with Crippen molar-refractivity contribution in [2.45, 2.75) is 6.18 Å². The van der Waals surface area contributed by atoms with Crippen LogP contribution in [0.2, 0.25) is 5.02 Å². The fourth-order valence-corrected chi connectivity index (χ4v) is 2.84. The summed E-state index contributed by atoms with van der Waals surface area (Å²) >= 11 is 5.82. The summed E-state index contributed by atoms with van der Waals surface area (Å²) in [6, 6.07) is 6.15. The maximum Gasteiger partial charge on any atom is 0.417 e. The van der Waals surface area contributed by atoms with Gasteiger partial charge in [0.25, 0.3) is 5.91 Å². The van der Waals surface area contributed by atoms with E-state index in [1.165, 1.54) is 25.3 Å². The molecule has 2 N–H and O–H groups in total. The van der Waals surface area contributed by atoms with Crippen LogP contribution in [0.3, 0.4) is 0 Å². The zero-order valence-electron chi connectivity index (χ0n) is 17.0. The first kappa shape index (κ1) is 24.7. The molecule has 0 unspecified atom stereocenters. The molecule has 0 atom stereocenters. The lowest BCUT2D eigenvalue weighted by molar-refractivity contribution is -0.137. The molecule has 13 heteroatoms. The highest BCUT2D eigenvalue weighted by Crippen LogP contribution is 2.38. The average Bonchev–Trinajstić information content (AvgIpc) is 2.75. The molecule has 0 fully saturated rings. The lowest BCUT2D eigenvalue weighted by Crippen LogP contribution is -2.35. The number of aromatic nitrogens is 1. The van der Waals surface area contributed by atoms with Gasteiger partial charge in [-0.05, 0) is 30.3 Å². The molecule has 0 aliphatic heterocycles. The quantitative estimate of drug-likeness (QED) is 0.432. The molecule has 3 aromatic rings. The Morgan fingerprint density at radius 2 is 1.71 bits per heavy atom. The Hall–Kier alpha value is -3.93. The Morgan fingerprint density at radius 3 is 2.29 bits per heavy atom. The number of benzene rings is 2. The summed E-state index contributed by atoms with van der Waals surface area (Å²) in [5, 5.41) is 3.64. The van der Waals surface area contributed by atoms with Crippen LogP contribution in [0.15, 0.2) is 48.7 Å². The number of alkyl halides is 3. The average molecular weight is 502 g/mol. The number of carbonyl (C=O) groups excluding carboxylic acids is 2. The van der Waals surface area contributed by atoms with Crippen LogP contribution in [0.5, 0.6) is 17.4 Å². The predicted molar refractivity (Wildman–Crippen MR) is 110 cm³/mol. The van der Waals surface area contributed by atoms with Gasteiger partial charge in [-0.1, -0.05) is 17.7 Å². The van der Waals surface area contributed by atoms with Crippen molar-refractivity contribution in [1.29, 1.82) is 0 Å². The first-order valence-electron chi connectivity index (χ1n) is 9.14. The molecule has 0 radical (unpaired) electrons. The number of nitrogens with zero attached hydrogens (tertiary/aromatic N) is 1. The maximum absolute atomic E-state index is 13.7. The summed E-state index contributed by atoms with van der Waals surface area (Å²) in [4.78, 5) is 27.6. The van der Waals surface area contributed by atoms with E-state index in [1.54, 1.807) is 5.32 Å². The Bertz CT molecular complexity index is 1230. The van der Waals surface area contributed by atoms with E-state index in [0.29, 0.717) is 12.3 Å². The molecular formula is C21H13ClF5N3O4. The second kappa shape index (κ2) is 9.91. The Balaban J connectivity index is 1.73. The SMILES string of the molecule is COc1cc(NC(=O)NC(=O)c2c(F)cccc2F)ccc1Oc1ncc(C(F)(F)F)cc1Cl. The van der Waals surface area contributed by atoms with E-state index >= 15 is 0 Å². The third-order valence-electron chi connectivity index (χ3n) is 4.18. The number of urea groups is 1. The molecule has 3 rings (SSSR count). The fraction of sp³-hybridized carbons (Fsp3) is 0.0952. The van der Waals surface area contributed by atoms with Gasteiger partial charge in [0.05, 0.1) is 12.7 Å². The minimum Gasteiger partial charge on any atom is -0.493 e. The van der Waals surface area contributed by atoms with E-state index in [9.17, 15) is 31.5 Å². The van der Waals surface area contributed by atoms with Gasteiger partial charge in [0.2, 0.25) is 5.88 Å². The lowest BCUT2D eigenvalue weighted by Gasteiger charge is -2.14. The number of nitrogens with one attached hydrogen (secondary N) is 2. The third-order valence-corrected chi connectivity index (χ3v) is 4.45. The van der Waals surface area contributed by atoms with E-state index in [1.807, 2.05) is 0 Å². The Labute approximate surface area is 193 Å². The molecule has 0 bridgehead atoms. The zero-order valence-corrected chi connectivity index (χ0v) is 17.7. The number of anilines is 1. The van der Waals surface area contributed by atoms with Gasteiger partial charge in [-0.3, -0.25) is 10.1 Å². The van der Waals surface area contributed by atoms with Crippen molar-refractivity contribution in [3.8, 4) is 17.4 Å². The number of pyridine rings is 1. The van der Waals surface area contributed by atoms with Crippen molar-refractivity contribution in [3.05, 3.63) is 76.4 Å². The van der Waals surface area contributed by atoms with E-state index in [2.05, 4.69) is 10.3 Å². The highest BCUT2D eigenvalue weighted by Gasteiger charge is 2.32. The number of carbonyl (C=O) groups is 2. The van der Waals surface area contributed by atoms with E-state index in [4.69, 9.17) is 21.1 Å². The zero-order chi connectivity index (χ0) is 25.0. The van der Waals surface area contributed by atoms with E-state index in [-0.39, 0.29) is 23.1 Å². The third kappa shape index (κ3) is 5.70. The maximum atomic E-state index is 13.7. The number of ether oxygens (including phenoxy) is 2. The molecular weight excluding hydrogens is 489 g/mol. The number of amides is 3. The molecule has 1 heterocycles.